The van der Waals surface area contributed by atoms with Gasteiger partial charge in [-0.3, -0.25) is 4.79 Å². The van der Waals surface area contributed by atoms with Crippen LogP contribution >= 0.6 is 0 Å². The minimum atomic E-state index is -0.751. The van der Waals surface area contributed by atoms with Crippen LogP contribution in [-0.2, 0) is 9.53 Å². The highest BCUT2D eigenvalue weighted by Crippen LogP contribution is 2.31. The third-order valence-electron chi connectivity index (χ3n) is 2.79. The molecule has 0 radical (unpaired) electrons. The summed E-state index contributed by atoms with van der Waals surface area (Å²) in [4.78, 5) is 24.3. The monoisotopic (exact) mass is 251 g/mol. The second kappa shape index (κ2) is 4.66. The quantitative estimate of drug-likeness (QED) is 0.737. The number of nitrogens with zero attached hydrogens (tertiary/aromatic N) is 1. The van der Waals surface area contributed by atoms with Gasteiger partial charge in [0, 0.05) is 0 Å². The van der Waals surface area contributed by atoms with Crippen LogP contribution in [0.15, 0.2) is 18.2 Å². The summed E-state index contributed by atoms with van der Waals surface area (Å²) < 4.78 is 4.57. The number of rotatable bonds is 2. The second-order valence-electron chi connectivity index (χ2n) is 4.06. The van der Waals surface area contributed by atoms with E-state index in [2.05, 4.69) is 4.74 Å². The van der Waals surface area contributed by atoms with Crippen LogP contribution in [0.3, 0.4) is 0 Å². The molecule has 6 nitrogen and oxygen atoms in total. The number of anilines is 1. The van der Waals surface area contributed by atoms with E-state index in [1.165, 1.54) is 30.2 Å². The van der Waals surface area contributed by atoms with Gasteiger partial charge in [-0.25, -0.2) is 4.79 Å². The number of ether oxygens (including phenoxy) is 1. The predicted octanol–water partition coefficient (Wildman–Crippen LogP) is 0.276. The maximum absolute atomic E-state index is 11.6. The zero-order chi connectivity index (χ0) is 13.3. The van der Waals surface area contributed by atoms with Crippen molar-refractivity contribution in [2.45, 2.75) is 12.5 Å². The SMILES string of the molecule is COC(=O)c1ccc(O)c(N2CC(O)CC2=O)c1. The van der Waals surface area contributed by atoms with E-state index in [9.17, 15) is 19.8 Å². The van der Waals surface area contributed by atoms with Gasteiger partial charge in [0.1, 0.15) is 5.75 Å². The van der Waals surface area contributed by atoms with Gasteiger partial charge in [-0.2, -0.15) is 0 Å². The summed E-state index contributed by atoms with van der Waals surface area (Å²) in [6.07, 6.45) is -0.735. The van der Waals surface area contributed by atoms with Gasteiger partial charge < -0.3 is 19.8 Å². The number of phenols is 1. The fraction of sp³-hybridized carbons (Fsp3) is 0.333. The molecule has 1 saturated heterocycles. The third kappa shape index (κ3) is 2.14. The van der Waals surface area contributed by atoms with E-state index in [1.807, 2.05) is 0 Å². The van der Waals surface area contributed by atoms with Gasteiger partial charge in [0.25, 0.3) is 0 Å². The minimum Gasteiger partial charge on any atom is -0.506 e. The molecule has 0 spiro atoms. The van der Waals surface area contributed by atoms with Gasteiger partial charge in [0.15, 0.2) is 0 Å². The number of hydrogen-bond donors (Lipinski definition) is 2. The van der Waals surface area contributed by atoms with Gasteiger partial charge in [0.05, 0.1) is 37.4 Å². The maximum Gasteiger partial charge on any atom is 0.337 e. The van der Waals surface area contributed by atoms with E-state index in [1.54, 1.807) is 0 Å². The van der Waals surface area contributed by atoms with Gasteiger partial charge in [-0.15, -0.1) is 0 Å². The van der Waals surface area contributed by atoms with Crippen molar-refractivity contribution in [3.8, 4) is 5.75 Å². The summed E-state index contributed by atoms with van der Waals surface area (Å²) in [6.45, 7) is 0.108. The first-order valence-electron chi connectivity index (χ1n) is 5.42. The molecule has 1 amide bonds. The molecular formula is C12H13NO5. The van der Waals surface area contributed by atoms with Crippen LogP contribution in [0.1, 0.15) is 16.8 Å². The van der Waals surface area contributed by atoms with Crippen molar-refractivity contribution in [2.75, 3.05) is 18.6 Å². The second-order valence-corrected chi connectivity index (χ2v) is 4.06. The molecule has 96 valence electrons. The molecule has 1 fully saturated rings. The van der Waals surface area contributed by atoms with E-state index >= 15 is 0 Å². The molecule has 18 heavy (non-hydrogen) atoms. The molecular weight excluding hydrogens is 238 g/mol. The van der Waals surface area contributed by atoms with Gasteiger partial charge in [-0.1, -0.05) is 0 Å². The molecule has 1 unspecified atom stereocenters. The maximum atomic E-state index is 11.6. The summed E-state index contributed by atoms with van der Waals surface area (Å²) in [5.41, 5.74) is 0.443. The van der Waals surface area contributed by atoms with Crippen molar-refractivity contribution in [3.05, 3.63) is 23.8 Å². The lowest BCUT2D eigenvalue weighted by molar-refractivity contribution is -0.117. The first-order chi connectivity index (χ1) is 8.52. The largest absolute Gasteiger partial charge is 0.506 e. The first kappa shape index (κ1) is 12.4. The number of carbonyl (C=O) groups excluding carboxylic acids is 2. The number of methoxy groups -OCH3 is 1. The highest BCUT2D eigenvalue weighted by atomic mass is 16.5. The van der Waals surface area contributed by atoms with Gasteiger partial charge in [0.2, 0.25) is 5.91 Å². The fourth-order valence-electron chi connectivity index (χ4n) is 1.91. The molecule has 1 aliphatic heterocycles. The molecule has 1 aromatic carbocycles. The van der Waals surface area contributed by atoms with E-state index in [0.29, 0.717) is 0 Å². The summed E-state index contributed by atoms with van der Waals surface area (Å²) in [5, 5.41) is 19.1. The van der Waals surface area contributed by atoms with Crippen LogP contribution in [0.2, 0.25) is 0 Å². The van der Waals surface area contributed by atoms with Crippen molar-refractivity contribution in [3.63, 3.8) is 0 Å². The lowest BCUT2D eigenvalue weighted by Crippen LogP contribution is -2.25. The van der Waals surface area contributed by atoms with Crippen molar-refractivity contribution in [1.82, 2.24) is 0 Å². The van der Waals surface area contributed by atoms with Crippen LogP contribution in [0.25, 0.3) is 0 Å². The number of esters is 1. The topological polar surface area (TPSA) is 87.1 Å². The summed E-state index contributed by atoms with van der Waals surface area (Å²) in [5.74, 6) is -0.964. The Hall–Kier alpha value is -2.08. The van der Waals surface area contributed by atoms with Gasteiger partial charge >= 0.3 is 5.97 Å². The number of hydrogen-bond acceptors (Lipinski definition) is 5. The van der Waals surface area contributed by atoms with Crippen LogP contribution in [0.5, 0.6) is 5.75 Å². The zero-order valence-corrected chi connectivity index (χ0v) is 9.79. The van der Waals surface area contributed by atoms with E-state index < -0.39 is 12.1 Å². The van der Waals surface area contributed by atoms with Gasteiger partial charge in [-0.05, 0) is 18.2 Å². The lowest BCUT2D eigenvalue weighted by Gasteiger charge is -2.17. The first-order valence-corrected chi connectivity index (χ1v) is 5.42. The smallest absolute Gasteiger partial charge is 0.337 e. The van der Waals surface area contributed by atoms with Crippen molar-refractivity contribution < 1.29 is 24.5 Å². The Kier molecular flexibility index (Phi) is 3.20. The molecule has 1 heterocycles. The van der Waals surface area contributed by atoms with Crippen LogP contribution < -0.4 is 4.90 Å². The fourth-order valence-corrected chi connectivity index (χ4v) is 1.91. The summed E-state index contributed by atoms with van der Waals surface area (Å²) in [6, 6.07) is 4.10. The van der Waals surface area contributed by atoms with Crippen molar-refractivity contribution in [2.24, 2.45) is 0 Å². The van der Waals surface area contributed by atoms with Crippen LogP contribution in [-0.4, -0.2) is 41.8 Å². The number of aromatic hydroxyl groups is 1. The lowest BCUT2D eigenvalue weighted by atomic mass is 10.1. The molecule has 1 aliphatic rings. The van der Waals surface area contributed by atoms with E-state index in [4.69, 9.17) is 0 Å². The number of carbonyl (C=O) groups is 2. The molecule has 2 rings (SSSR count). The third-order valence-corrected chi connectivity index (χ3v) is 2.79. The molecule has 0 saturated carbocycles. The van der Waals surface area contributed by atoms with Crippen LogP contribution in [0, 0.1) is 0 Å². The number of aliphatic hydroxyl groups excluding tert-OH is 1. The molecule has 2 N–H and O–H groups in total. The number of phenolic OH excluding ortho intramolecular Hbond substituents is 1. The molecule has 6 heteroatoms. The molecule has 0 aliphatic carbocycles. The molecule has 0 bridgehead atoms. The zero-order valence-electron chi connectivity index (χ0n) is 9.79. The molecule has 0 aromatic heterocycles. The Labute approximate surface area is 103 Å². The van der Waals surface area contributed by atoms with Crippen molar-refractivity contribution in [1.29, 1.82) is 0 Å². The Bertz CT molecular complexity index is 499. The highest BCUT2D eigenvalue weighted by molar-refractivity contribution is 5.99. The summed E-state index contributed by atoms with van der Waals surface area (Å²) >= 11 is 0. The average Bonchev–Trinajstić information content (AvgIpc) is 2.68. The highest BCUT2D eigenvalue weighted by Gasteiger charge is 2.31. The average molecular weight is 251 g/mol. The van der Waals surface area contributed by atoms with Crippen molar-refractivity contribution >= 4 is 17.6 Å². The Morgan fingerprint density at radius 2 is 2.22 bits per heavy atom. The Balaban J connectivity index is 2.38. The molecule has 1 aromatic rings. The number of β-amino-alcohol motifs (C(OH)–C–C–N with tert-alkyl or cyclic N) is 1. The van der Waals surface area contributed by atoms with Crippen LogP contribution in [0.4, 0.5) is 5.69 Å². The minimum absolute atomic E-state index is 0.0158. The number of benzene rings is 1. The Morgan fingerprint density at radius 3 is 2.78 bits per heavy atom. The van der Waals surface area contributed by atoms with E-state index in [0.717, 1.165) is 0 Å². The molecule has 1 atom stereocenters. The summed E-state index contributed by atoms with van der Waals surface area (Å²) in [7, 11) is 1.25. The number of aliphatic hydroxyl groups is 1. The predicted molar refractivity (Wildman–Crippen MR) is 62.4 cm³/mol. The number of amides is 1. The van der Waals surface area contributed by atoms with E-state index in [-0.39, 0.29) is 35.9 Å². The normalized spacial score (nSPS) is 19.1. The standard InChI is InChI=1S/C12H13NO5/c1-18-12(17)7-2-3-10(15)9(4-7)13-6-8(14)5-11(13)16/h2-4,8,14-15H,5-6H2,1H3. The Morgan fingerprint density at radius 1 is 1.50 bits per heavy atom.